The van der Waals surface area contributed by atoms with Crippen LogP contribution in [0.3, 0.4) is 0 Å². The van der Waals surface area contributed by atoms with E-state index >= 15 is 0 Å². The van der Waals surface area contributed by atoms with Gasteiger partial charge in [-0.3, -0.25) is 4.99 Å². The molecule has 7 nitrogen and oxygen atoms in total. The van der Waals surface area contributed by atoms with Gasteiger partial charge in [0.1, 0.15) is 0 Å². The number of nitrogens with zero attached hydrogens (tertiary/aromatic N) is 2. The number of nitrogens with two attached hydrogens (primary N) is 1. The minimum absolute atomic E-state index is 0. The number of rotatable bonds is 8. The van der Waals surface area contributed by atoms with Crippen molar-refractivity contribution in [2.24, 2.45) is 10.7 Å². The summed E-state index contributed by atoms with van der Waals surface area (Å²) in [5.41, 5.74) is 7.25. The number of aliphatic imine (C=N–C) groups is 1. The number of halogens is 1. The minimum Gasteiger partial charge on any atom is -0.493 e. The summed E-state index contributed by atoms with van der Waals surface area (Å²) in [5.74, 6) is 1.95. The second kappa shape index (κ2) is 11.6. The molecule has 2 rings (SSSR count). The van der Waals surface area contributed by atoms with Crippen LogP contribution in [0.5, 0.6) is 11.5 Å². The Morgan fingerprint density at radius 2 is 1.89 bits per heavy atom. The van der Waals surface area contributed by atoms with Crippen LogP contribution in [0.1, 0.15) is 18.4 Å². The third-order valence-electron chi connectivity index (χ3n) is 5.08. The lowest BCUT2D eigenvalue weighted by molar-refractivity contribution is -0.00252. The summed E-state index contributed by atoms with van der Waals surface area (Å²) in [6, 6.07) is 5.92. The zero-order valence-electron chi connectivity index (χ0n) is 16.8. The monoisotopic (exact) mass is 492 g/mol. The van der Waals surface area contributed by atoms with Crippen LogP contribution >= 0.6 is 24.0 Å². The van der Waals surface area contributed by atoms with Gasteiger partial charge in [0.05, 0.1) is 20.8 Å². The molecule has 8 heteroatoms. The molecule has 1 aromatic carbocycles. The van der Waals surface area contributed by atoms with Crippen LogP contribution < -0.4 is 20.5 Å². The average Bonchev–Trinajstić information content (AvgIpc) is 2.66. The molecule has 3 N–H and O–H groups in total. The molecule has 1 aliphatic heterocycles. The highest BCUT2D eigenvalue weighted by molar-refractivity contribution is 14.0. The van der Waals surface area contributed by atoms with Crippen molar-refractivity contribution in [3.8, 4) is 11.5 Å². The van der Waals surface area contributed by atoms with Gasteiger partial charge in [-0.25, -0.2) is 0 Å². The summed E-state index contributed by atoms with van der Waals surface area (Å²) in [4.78, 5) is 6.82. The summed E-state index contributed by atoms with van der Waals surface area (Å²) in [6.07, 6.45) is 2.77. The van der Waals surface area contributed by atoms with Crippen molar-refractivity contribution in [1.82, 2.24) is 10.2 Å². The molecule has 1 aromatic rings. The average molecular weight is 492 g/mol. The summed E-state index contributed by atoms with van der Waals surface area (Å²) >= 11 is 0. The zero-order valence-corrected chi connectivity index (χ0v) is 19.1. The van der Waals surface area contributed by atoms with Crippen molar-refractivity contribution in [2.75, 3.05) is 54.6 Å². The van der Waals surface area contributed by atoms with Gasteiger partial charge in [0, 0.05) is 25.3 Å². The molecule has 1 fully saturated rings. The van der Waals surface area contributed by atoms with Crippen molar-refractivity contribution in [3.63, 3.8) is 0 Å². The molecule has 0 aliphatic carbocycles. The summed E-state index contributed by atoms with van der Waals surface area (Å²) in [7, 11) is 7.47. The van der Waals surface area contributed by atoms with Gasteiger partial charge in [-0.1, -0.05) is 6.07 Å². The van der Waals surface area contributed by atoms with Gasteiger partial charge in [-0.2, -0.15) is 0 Å². The van der Waals surface area contributed by atoms with Gasteiger partial charge in [0.15, 0.2) is 17.5 Å². The van der Waals surface area contributed by atoms with E-state index in [0.29, 0.717) is 19.0 Å². The van der Waals surface area contributed by atoms with Crippen LogP contribution in [0.25, 0.3) is 0 Å². The van der Waals surface area contributed by atoms with Crippen molar-refractivity contribution < 1.29 is 14.2 Å². The fraction of sp³-hybridized carbons (Fsp3) is 0.632. The summed E-state index contributed by atoms with van der Waals surface area (Å²) < 4.78 is 16.1. The highest BCUT2D eigenvalue weighted by Crippen LogP contribution is 2.28. The maximum atomic E-state index is 6.06. The standard InChI is InChI=1S/C19H32N4O3.HI/c1-23(2)19(8-11-26-12-9-19)14-22-18(20)21-10-7-15-5-6-16(24-3)17(13-15)25-4;/h5-6,13H,7-12,14H2,1-4H3,(H3,20,21,22);1H. The topological polar surface area (TPSA) is 81.3 Å². The van der Waals surface area contributed by atoms with Crippen LogP contribution in [0.4, 0.5) is 0 Å². The predicted octanol–water partition coefficient (Wildman–Crippen LogP) is 1.88. The van der Waals surface area contributed by atoms with E-state index in [9.17, 15) is 0 Å². The van der Waals surface area contributed by atoms with Gasteiger partial charge in [-0.05, 0) is 51.1 Å². The molecule has 1 aliphatic rings. The first-order chi connectivity index (χ1) is 12.5. The molecule has 0 atom stereocenters. The molecule has 0 bridgehead atoms. The first-order valence-corrected chi connectivity index (χ1v) is 9.00. The fourth-order valence-electron chi connectivity index (χ4n) is 3.16. The van der Waals surface area contributed by atoms with Crippen LogP contribution in [-0.4, -0.2) is 71.0 Å². The van der Waals surface area contributed by atoms with Gasteiger partial charge in [0.25, 0.3) is 0 Å². The lowest BCUT2D eigenvalue weighted by Crippen LogP contribution is -2.51. The Balaban J connectivity index is 0.00000364. The van der Waals surface area contributed by atoms with Crippen LogP contribution in [0.15, 0.2) is 23.2 Å². The SMILES string of the molecule is COc1ccc(CCNC(N)=NCC2(N(C)C)CCOCC2)cc1OC.I. The first-order valence-electron chi connectivity index (χ1n) is 9.00. The van der Waals surface area contributed by atoms with E-state index in [4.69, 9.17) is 19.9 Å². The Kier molecular flexibility index (Phi) is 10.2. The predicted molar refractivity (Wildman–Crippen MR) is 120 cm³/mol. The molecule has 0 aromatic heterocycles. The summed E-state index contributed by atoms with van der Waals surface area (Å²) in [6.45, 7) is 2.95. The van der Waals surface area contributed by atoms with E-state index in [1.54, 1.807) is 14.2 Å². The first kappa shape index (κ1) is 23.8. The largest absolute Gasteiger partial charge is 0.493 e. The second-order valence-electron chi connectivity index (χ2n) is 6.80. The number of nitrogens with one attached hydrogen (secondary N) is 1. The van der Waals surface area contributed by atoms with Crippen molar-refractivity contribution >= 4 is 29.9 Å². The summed E-state index contributed by atoms with van der Waals surface area (Å²) in [5, 5.41) is 3.20. The minimum atomic E-state index is 0. The maximum absolute atomic E-state index is 6.06. The van der Waals surface area contributed by atoms with Crippen molar-refractivity contribution in [3.05, 3.63) is 23.8 Å². The Morgan fingerprint density at radius 3 is 2.48 bits per heavy atom. The molecule has 0 radical (unpaired) electrons. The Morgan fingerprint density at radius 1 is 1.22 bits per heavy atom. The number of ether oxygens (including phenoxy) is 3. The van der Waals surface area contributed by atoms with Gasteiger partial charge in [-0.15, -0.1) is 24.0 Å². The zero-order chi connectivity index (χ0) is 19.0. The Bertz CT molecular complexity index is 605. The second-order valence-corrected chi connectivity index (χ2v) is 6.80. The van der Waals surface area contributed by atoms with Crippen molar-refractivity contribution in [2.45, 2.75) is 24.8 Å². The number of hydrogen-bond donors (Lipinski definition) is 2. The molecule has 1 heterocycles. The van der Waals surface area contributed by atoms with E-state index in [2.05, 4.69) is 29.3 Å². The van der Waals surface area contributed by atoms with E-state index in [1.807, 2.05) is 18.2 Å². The van der Waals surface area contributed by atoms with Crippen LogP contribution in [0.2, 0.25) is 0 Å². The van der Waals surface area contributed by atoms with E-state index in [1.165, 1.54) is 0 Å². The lowest BCUT2D eigenvalue weighted by Gasteiger charge is -2.41. The lowest BCUT2D eigenvalue weighted by atomic mass is 9.89. The fourth-order valence-corrected chi connectivity index (χ4v) is 3.16. The third-order valence-corrected chi connectivity index (χ3v) is 5.08. The van der Waals surface area contributed by atoms with E-state index in [0.717, 1.165) is 49.5 Å². The Labute approximate surface area is 179 Å². The van der Waals surface area contributed by atoms with Crippen LogP contribution in [-0.2, 0) is 11.2 Å². The normalized spacial score (nSPS) is 16.6. The Hall–Kier alpha value is -1.26. The number of benzene rings is 1. The van der Waals surface area contributed by atoms with Crippen molar-refractivity contribution in [1.29, 1.82) is 0 Å². The third kappa shape index (κ3) is 6.69. The number of methoxy groups -OCH3 is 2. The van der Waals surface area contributed by atoms with Gasteiger partial charge >= 0.3 is 0 Å². The van der Waals surface area contributed by atoms with E-state index < -0.39 is 0 Å². The molecule has 0 spiro atoms. The molecule has 154 valence electrons. The highest BCUT2D eigenvalue weighted by atomic mass is 127. The van der Waals surface area contributed by atoms with Crippen LogP contribution in [0, 0.1) is 0 Å². The van der Waals surface area contributed by atoms with E-state index in [-0.39, 0.29) is 29.5 Å². The molecule has 0 saturated carbocycles. The maximum Gasteiger partial charge on any atom is 0.188 e. The highest BCUT2D eigenvalue weighted by Gasteiger charge is 2.34. The molecule has 27 heavy (non-hydrogen) atoms. The molecular weight excluding hydrogens is 459 g/mol. The number of guanidine groups is 1. The molecule has 0 amide bonds. The number of hydrogen-bond acceptors (Lipinski definition) is 5. The number of likely N-dealkylation sites (N-methyl/N-ethyl adjacent to an activating group) is 1. The molecule has 1 saturated heterocycles. The quantitative estimate of drug-likeness (QED) is 0.328. The molecular formula is C19H33IN4O3. The van der Waals surface area contributed by atoms with Gasteiger partial charge in [0.2, 0.25) is 0 Å². The molecule has 0 unspecified atom stereocenters. The van der Waals surface area contributed by atoms with Gasteiger partial charge < -0.3 is 30.2 Å². The smallest absolute Gasteiger partial charge is 0.188 e.